The summed E-state index contributed by atoms with van der Waals surface area (Å²) in [6.45, 7) is 2.81. The summed E-state index contributed by atoms with van der Waals surface area (Å²) in [4.78, 5) is 25.1. The van der Waals surface area contributed by atoms with Crippen LogP contribution in [0.4, 0.5) is 0 Å². The van der Waals surface area contributed by atoms with Gasteiger partial charge in [0.15, 0.2) is 0 Å². The average Bonchev–Trinajstić information content (AvgIpc) is 3.30. The van der Waals surface area contributed by atoms with Crippen LogP contribution >= 0.6 is 0 Å². The molecule has 1 radical (unpaired) electrons. The van der Waals surface area contributed by atoms with E-state index in [9.17, 15) is 9.59 Å². The summed E-state index contributed by atoms with van der Waals surface area (Å²) >= 11 is 0. The van der Waals surface area contributed by atoms with Gasteiger partial charge < -0.3 is 0 Å². The van der Waals surface area contributed by atoms with E-state index >= 15 is 0 Å². The zero-order valence-corrected chi connectivity index (χ0v) is 19.1. The SMILES string of the molecule is CC(=O)CC(C)=O.[Ir].[c-]1ccccc1-c1nc2ccccc2c2c1C1CCC2C1. The number of carbonyl (C=O) groups is 2. The number of para-hydroxylation sites is 1. The summed E-state index contributed by atoms with van der Waals surface area (Å²) in [7, 11) is 0. The van der Waals surface area contributed by atoms with E-state index in [0.717, 1.165) is 17.0 Å². The summed E-state index contributed by atoms with van der Waals surface area (Å²) in [6, 6.07) is 20.3. The molecule has 0 saturated heterocycles. The normalized spacial score (nSPS) is 18.4. The zero-order chi connectivity index (χ0) is 19.7. The number of hydrogen-bond donors (Lipinski definition) is 0. The average molecular weight is 563 g/mol. The van der Waals surface area contributed by atoms with Crippen LogP contribution in [0.3, 0.4) is 0 Å². The molecule has 5 rings (SSSR count). The van der Waals surface area contributed by atoms with Gasteiger partial charge in [-0.1, -0.05) is 23.8 Å². The second-order valence-electron chi connectivity index (χ2n) is 7.87. The van der Waals surface area contributed by atoms with Gasteiger partial charge in [0.1, 0.15) is 11.6 Å². The van der Waals surface area contributed by atoms with Gasteiger partial charge in [-0.15, -0.1) is 35.9 Å². The molecule has 4 heteroatoms. The van der Waals surface area contributed by atoms with Gasteiger partial charge in [-0.05, 0) is 62.3 Å². The Morgan fingerprint density at radius 1 is 0.966 bits per heavy atom. The minimum Gasteiger partial charge on any atom is -0.300 e. The van der Waals surface area contributed by atoms with Crippen LogP contribution in [0.1, 0.15) is 62.5 Å². The molecule has 3 aromatic rings. The second kappa shape index (κ2) is 9.11. The van der Waals surface area contributed by atoms with Crippen LogP contribution < -0.4 is 0 Å². The largest absolute Gasteiger partial charge is 0.300 e. The fourth-order valence-corrected chi connectivity index (χ4v) is 4.71. The molecule has 0 aliphatic heterocycles. The van der Waals surface area contributed by atoms with E-state index in [0.29, 0.717) is 5.92 Å². The number of aromatic nitrogens is 1. The smallest absolute Gasteiger partial charge is 0.137 e. The van der Waals surface area contributed by atoms with Crippen LogP contribution in [0.2, 0.25) is 0 Å². The quantitative estimate of drug-likeness (QED) is 0.308. The van der Waals surface area contributed by atoms with Crippen molar-refractivity contribution in [1.82, 2.24) is 4.98 Å². The van der Waals surface area contributed by atoms with Gasteiger partial charge in [-0.3, -0.25) is 14.6 Å². The van der Waals surface area contributed by atoms with Crippen LogP contribution in [0.25, 0.3) is 22.2 Å². The van der Waals surface area contributed by atoms with E-state index in [4.69, 9.17) is 4.98 Å². The van der Waals surface area contributed by atoms with Crippen molar-refractivity contribution in [3.63, 3.8) is 0 Å². The third-order valence-electron chi connectivity index (χ3n) is 5.68. The Morgan fingerprint density at radius 3 is 2.24 bits per heavy atom. The molecule has 0 N–H and O–H groups in total. The number of rotatable bonds is 3. The van der Waals surface area contributed by atoms with Crippen molar-refractivity contribution in [2.24, 2.45) is 0 Å². The first-order valence-electron chi connectivity index (χ1n) is 9.93. The molecule has 151 valence electrons. The third kappa shape index (κ3) is 4.39. The van der Waals surface area contributed by atoms with Crippen LogP contribution in [0.15, 0.2) is 48.5 Å². The van der Waals surface area contributed by atoms with E-state index in [1.165, 1.54) is 49.8 Å². The Balaban J connectivity index is 0.000000263. The molecule has 2 aliphatic carbocycles. The third-order valence-corrected chi connectivity index (χ3v) is 5.68. The number of ketones is 2. The minimum absolute atomic E-state index is 0. The summed E-state index contributed by atoms with van der Waals surface area (Å²) in [5.74, 6) is 1.34. The molecule has 1 saturated carbocycles. The van der Waals surface area contributed by atoms with Crippen LogP contribution in [-0.4, -0.2) is 16.6 Å². The molecule has 1 fully saturated rings. The molecule has 2 aromatic carbocycles. The number of Topliss-reactive ketones (excluding diaryl/α,β-unsaturated/α-hetero) is 2. The predicted molar refractivity (Wildman–Crippen MR) is 111 cm³/mol. The maximum Gasteiger partial charge on any atom is 0.137 e. The van der Waals surface area contributed by atoms with E-state index in [1.54, 1.807) is 5.56 Å². The first kappa shape index (κ1) is 21.5. The second-order valence-corrected chi connectivity index (χ2v) is 7.87. The van der Waals surface area contributed by atoms with Crippen molar-refractivity contribution in [2.45, 2.75) is 51.4 Å². The Morgan fingerprint density at radius 2 is 1.62 bits per heavy atom. The number of benzene rings is 2. The maximum absolute atomic E-state index is 10.0. The van der Waals surface area contributed by atoms with E-state index < -0.39 is 0 Å². The monoisotopic (exact) mass is 563 g/mol. The first-order valence-corrected chi connectivity index (χ1v) is 9.93. The van der Waals surface area contributed by atoms with E-state index in [-0.39, 0.29) is 38.1 Å². The molecule has 2 atom stereocenters. The molecular weight excluding hydrogens is 538 g/mol. The Hall–Kier alpha value is -2.16. The fourth-order valence-electron chi connectivity index (χ4n) is 4.71. The number of pyridine rings is 1. The van der Waals surface area contributed by atoms with Gasteiger partial charge in [0, 0.05) is 25.5 Å². The number of carbonyl (C=O) groups excluding carboxylic acids is 2. The van der Waals surface area contributed by atoms with Crippen molar-refractivity contribution in [3.8, 4) is 11.3 Å². The number of nitrogens with zero attached hydrogens (tertiary/aromatic N) is 1. The fraction of sp³-hybridized carbons (Fsp3) is 0.320. The molecule has 2 bridgehead atoms. The van der Waals surface area contributed by atoms with Gasteiger partial charge >= 0.3 is 0 Å². The Kier molecular flexibility index (Phi) is 6.77. The van der Waals surface area contributed by atoms with Gasteiger partial charge in [0.2, 0.25) is 0 Å². The molecule has 2 aliphatic rings. The van der Waals surface area contributed by atoms with Gasteiger partial charge in [-0.2, -0.15) is 0 Å². The number of fused-ring (bicyclic) bond motifs is 7. The summed E-state index contributed by atoms with van der Waals surface area (Å²) in [5.41, 5.74) is 6.57. The van der Waals surface area contributed by atoms with Gasteiger partial charge in [0.05, 0.1) is 11.9 Å². The van der Waals surface area contributed by atoms with E-state index in [1.807, 2.05) is 12.1 Å². The summed E-state index contributed by atoms with van der Waals surface area (Å²) < 4.78 is 0. The zero-order valence-electron chi connectivity index (χ0n) is 16.7. The summed E-state index contributed by atoms with van der Waals surface area (Å²) in [6.07, 6.45) is 4.09. The topological polar surface area (TPSA) is 47.0 Å². The van der Waals surface area contributed by atoms with Crippen molar-refractivity contribution in [1.29, 1.82) is 0 Å². The van der Waals surface area contributed by atoms with Crippen molar-refractivity contribution < 1.29 is 29.7 Å². The van der Waals surface area contributed by atoms with Crippen LogP contribution in [-0.2, 0) is 29.7 Å². The van der Waals surface area contributed by atoms with Gasteiger partial charge in [0.25, 0.3) is 0 Å². The standard InChI is InChI=1S/C20H16N.C5H8O2.Ir/c1-2-6-13(7-3-1)20-19-15-11-10-14(12-15)18(19)16-8-4-5-9-17(16)21-20;1-4(6)3-5(2)7;/h1-6,8-9,14-15H,10-12H2;3H2,1-2H3;/q-1;;. The molecule has 3 nitrogen and oxygen atoms in total. The number of hydrogen-bond acceptors (Lipinski definition) is 3. The van der Waals surface area contributed by atoms with Crippen molar-refractivity contribution in [2.75, 3.05) is 0 Å². The Labute approximate surface area is 185 Å². The van der Waals surface area contributed by atoms with Crippen LogP contribution in [0, 0.1) is 6.07 Å². The Bertz CT molecular complexity index is 1030. The molecule has 2 unspecified atom stereocenters. The molecule has 0 amide bonds. The predicted octanol–water partition coefficient (Wildman–Crippen LogP) is 5.62. The first-order chi connectivity index (χ1) is 13.5. The molecular formula is C25H24IrNO2-. The minimum atomic E-state index is -0.0625. The van der Waals surface area contributed by atoms with Crippen LogP contribution in [0.5, 0.6) is 0 Å². The molecule has 29 heavy (non-hydrogen) atoms. The summed E-state index contributed by atoms with van der Waals surface area (Å²) in [5, 5.41) is 1.37. The maximum atomic E-state index is 10.0. The molecule has 0 spiro atoms. The molecule has 1 aromatic heterocycles. The van der Waals surface area contributed by atoms with Crippen molar-refractivity contribution in [3.05, 3.63) is 65.7 Å². The van der Waals surface area contributed by atoms with Crippen molar-refractivity contribution >= 4 is 22.5 Å². The molecule has 1 heterocycles. The van der Waals surface area contributed by atoms with Gasteiger partial charge in [-0.25, -0.2) is 0 Å². The van der Waals surface area contributed by atoms with E-state index in [2.05, 4.69) is 42.5 Å².